The van der Waals surface area contributed by atoms with Gasteiger partial charge in [0.1, 0.15) is 30.5 Å². The summed E-state index contributed by atoms with van der Waals surface area (Å²) in [6, 6.07) is 10.1. The maximum atomic E-state index is 10.4. The summed E-state index contributed by atoms with van der Waals surface area (Å²) in [7, 11) is 0. The molecule has 1 aromatic heterocycles. The Morgan fingerprint density at radius 2 is 1.96 bits per heavy atom. The van der Waals surface area contributed by atoms with E-state index in [1.54, 1.807) is 11.3 Å². The van der Waals surface area contributed by atoms with Crippen molar-refractivity contribution in [2.24, 2.45) is 0 Å². The zero-order valence-electron chi connectivity index (χ0n) is 14.2. The van der Waals surface area contributed by atoms with Crippen LogP contribution in [0.4, 0.5) is 0 Å². The van der Waals surface area contributed by atoms with Gasteiger partial charge in [0.25, 0.3) is 0 Å². The van der Waals surface area contributed by atoms with Crippen LogP contribution in [0.2, 0.25) is 0 Å². The number of ether oxygens (including phenoxy) is 1. The molecule has 140 valence electrons. The highest BCUT2D eigenvalue weighted by atomic mass is 32.1. The molecule has 5 N–H and O–H groups in total. The first-order valence-corrected chi connectivity index (χ1v) is 9.68. The lowest BCUT2D eigenvalue weighted by atomic mass is 9.87. The van der Waals surface area contributed by atoms with Gasteiger partial charge in [-0.25, -0.2) is 0 Å². The zero-order valence-corrected chi connectivity index (χ0v) is 15.0. The summed E-state index contributed by atoms with van der Waals surface area (Å²) < 4.78 is 5.71. The number of aliphatic hydroxyl groups is 4. The minimum Gasteiger partial charge on any atom is -0.394 e. The van der Waals surface area contributed by atoms with Crippen LogP contribution < -0.4 is 5.32 Å². The molecule has 2 aliphatic rings. The molecule has 1 saturated heterocycles. The Labute approximate surface area is 155 Å². The van der Waals surface area contributed by atoms with Gasteiger partial charge in [0.2, 0.25) is 0 Å². The van der Waals surface area contributed by atoms with Gasteiger partial charge in [-0.15, -0.1) is 11.3 Å². The van der Waals surface area contributed by atoms with Crippen LogP contribution in [-0.2, 0) is 11.2 Å². The predicted octanol–water partition coefficient (Wildman–Crippen LogP) is 0.498. The van der Waals surface area contributed by atoms with E-state index >= 15 is 0 Å². The molecule has 2 aromatic rings. The Bertz CT molecular complexity index is 750. The van der Waals surface area contributed by atoms with Crippen LogP contribution in [0.1, 0.15) is 33.7 Å². The summed E-state index contributed by atoms with van der Waals surface area (Å²) in [6.07, 6.45) is -4.76. The maximum absolute atomic E-state index is 10.4. The number of rotatable bonds is 3. The first-order valence-electron chi connectivity index (χ1n) is 8.80. The van der Waals surface area contributed by atoms with Crippen LogP contribution in [0, 0.1) is 0 Å². The lowest BCUT2D eigenvalue weighted by Crippen LogP contribution is -2.55. The van der Waals surface area contributed by atoms with Gasteiger partial charge in [-0.2, -0.15) is 0 Å². The Balaban J connectivity index is 1.69. The molecule has 0 aliphatic carbocycles. The van der Waals surface area contributed by atoms with Crippen LogP contribution >= 0.6 is 11.3 Å². The van der Waals surface area contributed by atoms with Gasteiger partial charge in [0.05, 0.1) is 12.6 Å². The fourth-order valence-corrected chi connectivity index (χ4v) is 4.65. The summed E-state index contributed by atoms with van der Waals surface area (Å²) in [5.41, 5.74) is 3.11. The van der Waals surface area contributed by atoms with Crippen LogP contribution in [-0.4, -0.2) is 58.0 Å². The molecule has 0 spiro atoms. The quantitative estimate of drug-likeness (QED) is 0.534. The van der Waals surface area contributed by atoms with Gasteiger partial charge in [0, 0.05) is 11.4 Å². The topological polar surface area (TPSA) is 102 Å². The van der Waals surface area contributed by atoms with Crippen molar-refractivity contribution in [3.05, 3.63) is 57.3 Å². The third-order valence-electron chi connectivity index (χ3n) is 5.27. The van der Waals surface area contributed by atoms with E-state index in [1.165, 1.54) is 10.4 Å². The van der Waals surface area contributed by atoms with Gasteiger partial charge >= 0.3 is 0 Å². The third-order valence-corrected chi connectivity index (χ3v) is 6.21. The van der Waals surface area contributed by atoms with Crippen molar-refractivity contribution in [3.8, 4) is 0 Å². The predicted molar refractivity (Wildman–Crippen MR) is 97.0 cm³/mol. The van der Waals surface area contributed by atoms with Gasteiger partial charge in [0.15, 0.2) is 0 Å². The smallest absolute Gasteiger partial charge is 0.113 e. The van der Waals surface area contributed by atoms with E-state index in [9.17, 15) is 20.4 Å². The third kappa shape index (κ3) is 3.10. The van der Waals surface area contributed by atoms with Crippen LogP contribution in [0.5, 0.6) is 0 Å². The standard InChI is InChI=1S/C19H23NO5S/c21-9-13-16(22)17(23)18(24)19(25-13)11-4-3-10-5-6-20-15(12(10)8-11)14-2-1-7-26-14/h1-4,7-8,13,15-24H,5-6,9H2/t13-,15-,16-,17+,18-,19+/m1/s1. The number of aliphatic hydroxyl groups excluding tert-OH is 4. The van der Waals surface area contributed by atoms with Crippen molar-refractivity contribution in [1.29, 1.82) is 0 Å². The van der Waals surface area contributed by atoms with Crippen molar-refractivity contribution in [3.63, 3.8) is 0 Å². The van der Waals surface area contributed by atoms with Gasteiger partial charge in [-0.3, -0.25) is 0 Å². The monoisotopic (exact) mass is 377 g/mol. The molecule has 3 heterocycles. The fourth-order valence-electron chi connectivity index (χ4n) is 3.83. The van der Waals surface area contributed by atoms with Crippen molar-refractivity contribution in [2.75, 3.05) is 13.2 Å². The molecule has 0 unspecified atom stereocenters. The summed E-state index contributed by atoms with van der Waals surface area (Å²) in [5.74, 6) is 0. The highest BCUT2D eigenvalue weighted by Crippen LogP contribution is 2.37. The first kappa shape index (κ1) is 18.1. The molecule has 0 amide bonds. The second kappa shape index (κ2) is 7.36. The number of thiophene rings is 1. The Kier molecular flexibility index (Phi) is 5.11. The Morgan fingerprint density at radius 1 is 1.12 bits per heavy atom. The van der Waals surface area contributed by atoms with Crippen LogP contribution in [0.3, 0.4) is 0 Å². The molecule has 1 fully saturated rings. The highest BCUT2D eigenvalue weighted by Gasteiger charge is 2.44. The Hall–Kier alpha value is -1.32. The second-order valence-corrected chi connectivity index (χ2v) is 7.84. The highest BCUT2D eigenvalue weighted by molar-refractivity contribution is 7.10. The molecular weight excluding hydrogens is 354 g/mol. The first-order chi connectivity index (χ1) is 12.6. The molecule has 4 rings (SSSR count). The molecule has 0 saturated carbocycles. The van der Waals surface area contributed by atoms with Gasteiger partial charge < -0.3 is 30.5 Å². The summed E-state index contributed by atoms with van der Waals surface area (Å²) in [4.78, 5) is 1.22. The lowest BCUT2D eigenvalue weighted by Gasteiger charge is -2.40. The van der Waals surface area contributed by atoms with Gasteiger partial charge in [-0.1, -0.05) is 24.3 Å². The summed E-state index contributed by atoms with van der Waals surface area (Å²) in [6.45, 7) is 0.473. The molecule has 6 nitrogen and oxygen atoms in total. The van der Waals surface area contributed by atoms with E-state index in [0.717, 1.165) is 24.1 Å². The van der Waals surface area contributed by atoms with E-state index in [4.69, 9.17) is 4.74 Å². The Morgan fingerprint density at radius 3 is 2.69 bits per heavy atom. The normalized spacial score (nSPS) is 34.5. The molecule has 6 atom stereocenters. The number of hydrogen-bond acceptors (Lipinski definition) is 7. The van der Waals surface area contributed by atoms with Gasteiger partial charge in [-0.05, 0) is 34.6 Å². The fraction of sp³-hybridized carbons (Fsp3) is 0.474. The van der Waals surface area contributed by atoms with Crippen LogP contribution in [0.15, 0.2) is 35.7 Å². The van der Waals surface area contributed by atoms with Crippen molar-refractivity contribution in [1.82, 2.24) is 5.32 Å². The van der Waals surface area contributed by atoms with E-state index in [0.29, 0.717) is 0 Å². The second-order valence-electron chi connectivity index (χ2n) is 6.86. The van der Waals surface area contributed by atoms with Crippen molar-refractivity contribution >= 4 is 11.3 Å². The average molecular weight is 377 g/mol. The summed E-state index contributed by atoms with van der Waals surface area (Å²) in [5, 5.41) is 45.4. The number of hydrogen-bond donors (Lipinski definition) is 5. The van der Waals surface area contributed by atoms with E-state index < -0.39 is 37.1 Å². The van der Waals surface area contributed by atoms with E-state index in [2.05, 4.69) is 11.4 Å². The molecule has 7 heteroatoms. The van der Waals surface area contributed by atoms with E-state index in [-0.39, 0.29) is 6.04 Å². The maximum Gasteiger partial charge on any atom is 0.113 e. The molecule has 26 heavy (non-hydrogen) atoms. The van der Waals surface area contributed by atoms with Crippen molar-refractivity contribution < 1.29 is 25.2 Å². The SMILES string of the molecule is OC[C@H]1O[C@@H](c2ccc3c(c2)[C@H](c2cccs2)NCC3)[C@H](O)[C@@H](O)[C@@H]1O. The molecular formula is C19H23NO5S. The minimum atomic E-state index is -1.37. The molecule has 0 radical (unpaired) electrons. The number of fused-ring (bicyclic) bond motifs is 1. The lowest BCUT2D eigenvalue weighted by molar-refractivity contribution is -0.231. The largest absolute Gasteiger partial charge is 0.394 e. The average Bonchev–Trinajstić information content (AvgIpc) is 3.20. The van der Waals surface area contributed by atoms with Crippen LogP contribution in [0.25, 0.3) is 0 Å². The molecule has 2 aliphatic heterocycles. The minimum absolute atomic E-state index is 0.0867. The van der Waals surface area contributed by atoms with E-state index in [1.807, 2.05) is 29.6 Å². The molecule has 0 bridgehead atoms. The van der Waals surface area contributed by atoms with Crippen molar-refractivity contribution in [2.45, 2.75) is 43.0 Å². The number of nitrogens with one attached hydrogen (secondary N) is 1. The molecule has 1 aromatic carbocycles. The number of benzene rings is 1. The zero-order chi connectivity index (χ0) is 18.3. The summed E-state index contributed by atoms with van der Waals surface area (Å²) >= 11 is 1.69.